The van der Waals surface area contributed by atoms with Crippen molar-refractivity contribution in [2.45, 2.75) is 38.5 Å². The quantitative estimate of drug-likeness (QED) is 0.788. The van der Waals surface area contributed by atoms with E-state index in [9.17, 15) is 4.79 Å². The third-order valence-corrected chi connectivity index (χ3v) is 5.84. The van der Waals surface area contributed by atoms with Crippen molar-refractivity contribution < 1.29 is 4.79 Å². The van der Waals surface area contributed by atoms with E-state index in [0.29, 0.717) is 11.6 Å². The Morgan fingerprint density at radius 1 is 1.38 bits per heavy atom. The fourth-order valence-corrected chi connectivity index (χ4v) is 4.52. The van der Waals surface area contributed by atoms with Gasteiger partial charge in [-0.05, 0) is 24.5 Å². The predicted molar refractivity (Wildman–Crippen MR) is 90.3 cm³/mol. The van der Waals surface area contributed by atoms with Crippen molar-refractivity contribution in [3.05, 3.63) is 21.8 Å². The SMILES string of the molecule is O=C(CCC1CCCC1)Nc1nc(-c2ccc(Cl)s2)cs1. The molecule has 1 aliphatic rings. The summed E-state index contributed by atoms with van der Waals surface area (Å²) < 4.78 is 0.750. The second-order valence-electron chi connectivity index (χ2n) is 5.38. The van der Waals surface area contributed by atoms with Crippen LogP contribution in [-0.2, 0) is 4.79 Å². The van der Waals surface area contributed by atoms with E-state index in [1.165, 1.54) is 48.4 Å². The molecule has 1 aliphatic carbocycles. The van der Waals surface area contributed by atoms with E-state index in [1.54, 1.807) is 0 Å². The van der Waals surface area contributed by atoms with Gasteiger partial charge in [0.2, 0.25) is 5.91 Å². The van der Waals surface area contributed by atoms with E-state index in [1.807, 2.05) is 17.5 Å². The molecule has 6 heteroatoms. The number of hydrogen-bond acceptors (Lipinski definition) is 4. The zero-order valence-corrected chi connectivity index (χ0v) is 14.0. The first-order chi connectivity index (χ1) is 10.2. The van der Waals surface area contributed by atoms with Gasteiger partial charge in [-0.3, -0.25) is 4.79 Å². The zero-order chi connectivity index (χ0) is 14.7. The molecular formula is C15H17ClN2OS2. The third-order valence-electron chi connectivity index (χ3n) is 3.83. The first kappa shape index (κ1) is 15.0. The predicted octanol–water partition coefficient (Wildman–Crippen LogP) is 5.43. The molecule has 0 bridgehead atoms. The molecule has 3 rings (SSSR count). The van der Waals surface area contributed by atoms with Crippen molar-refractivity contribution in [3.8, 4) is 10.6 Å². The van der Waals surface area contributed by atoms with E-state index >= 15 is 0 Å². The number of aromatic nitrogens is 1. The van der Waals surface area contributed by atoms with Gasteiger partial charge in [0, 0.05) is 11.8 Å². The molecule has 2 aromatic heterocycles. The van der Waals surface area contributed by atoms with Crippen LogP contribution in [0.15, 0.2) is 17.5 Å². The van der Waals surface area contributed by atoms with Crippen LogP contribution in [-0.4, -0.2) is 10.9 Å². The Balaban J connectivity index is 1.53. The minimum Gasteiger partial charge on any atom is -0.302 e. The molecule has 21 heavy (non-hydrogen) atoms. The maximum Gasteiger partial charge on any atom is 0.226 e. The number of nitrogens with one attached hydrogen (secondary N) is 1. The Morgan fingerprint density at radius 2 is 2.19 bits per heavy atom. The summed E-state index contributed by atoms with van der Waals surface area (Å²) in [6.45, 7) is 0. The molecule has 0 atom stereocenters. The van der Waals surface area contributed by atoms with E-state index in [-0.39, 0.29) is 5.91 Å². The number of carbonyl (C=O) groups is 1. The summed E-state index contributed by atoms with van der Waals surface area (Å²) in [5.74, 6) is 0.822. The Hall–Kier alpha value is -0.910. The monoisotopic (exact) mass is 340 g/mol. The molecule has 0 spiro atoms. The van der Waals surface area contributed by atoms with Crippen LogP contribution in [0.5, 0.6) is 0 Å². The van der Waals surface area contributed by atoms with Gasteiger partial charge in [-0.25, -0.2) is 4.98 Å². The number of rotatable bonds is 5. The first-order valence-electron chi connectivity index (χ1n) is 7.22. The van der Waals surface area contributed by atoms with Crippen molar-refractivity contribution >= 4 is 45.3 Å². The number of hydrogen-bond donors (Lipinski definition) is 1. The number of anilines is 1. The minimum absolute atomic E-state index is 0.0759. The van der Waals surface area contributed by atoms with Crippen molar-refractivity contribution in [2.75, 3.05) is 5.32 Å². The van der Waals surface area contributed by atoms with Crippen LogP contribution in [0, 0.1) is 5.92 Å². The molecule has 1 N–H and O–H groups in total. The maximum absolute atomic E-state index is 12.0. The summed E-state index contributed by atoms with van der Waals surface area (Å²) in [7, 11) is 0. The van der Waals surface area contributed by atoms with Gasteiger partial charge in [0.15, 0.2) is 5.13 Å². The van der Waals surface area contributed by atoms with E-state index in [0.717, 1.165) is 27.2 Å². The van der Waals surface area contributed by atoms with E-state index in [2.05, 4.69) is 10.3 Å². The lowest BCUT2D eigenvalue weighted by atomic mass is 10.0. The number of thiazole rings is 1. The molecule has 0 aliphatic heterocycles. The maximum atomic E-state index is 12.0. The smallest absolute Gasteiger partial charge is 0.226 e. The van der Waals surface area contributed by atoms with Gasteiger partial charge in [-0.15, -0.1) is 22.7 Å². The Bertz CT molecular complexity index is 617. The average Bonchev–Trinajstić information content (AvgIpc) is 3.17. The minimum atomic E-state index is 0.0759. The highest BCUT2D eigenvalue weighted by Gasteiger charge is 2.16. The fraction of sp³-hybridized carbons (Fsp3) is 0.467. The summed E-state index contributed by atoms with van der Waals surface area (Å²) in [5, 5.41) is 5.53. The normalized spacial score (nSPS) is 15.5. The number of carbonyl (C=O) groups excluding carboxylic acids is 1. The van der Waals surface area contributed by atoms with Gasteiger partial charge in [0.25, 0.3) is 0 Å². The van der Waals surface area contributed by atoms with Crippen LogP contribution in [0.4, 0.5) is 5.13 Å². The summed E-state index contributed by atoms with van der Waals surface area (Å²) in [6, 6.07) is 3.81. The summed E-state index contributed by atoms with van der Waals surface area (Å²) >= 11 is 8.89. The van der Waals surface area contributed by atoms with Gasteiger partial charge in [0.05, 0.1) is 14.9 Å². The average molecular weight is 341 g/mol. The van der Waals surface area contributed by atoms with Gasteiger partial charge in [-0.2, -0.15) is 0 Å². The second kappa shape index (κ2) is 6.90. The first-order valence-corrected chi connectivity index (χ1v) is 9.29. The molecule has 0 radical (unpaired) electrons. The lowest BCUT2D eigenvalue weighted by molar-refractivity contribution is -0.116. The molecule has 3 nitrogen and oxygen atoms in total. The molecule has 112 valence electrons. The summed E-state index contributed by atoms with van der Waals surface area (Å²) in [4.78, 5) is 17.4. The summed E-state index contributed by atoms with van der Waals surface area (Å²) in [5.41, 5.74) is 0.878. The van der Waals surface area contributed by atoms with Crippen LogP contribution in [0.25, 0.3) is 10.6 Å². The molecule has 0 unspecified atom stereocenters. The van der Waals surface area contributed by atoms with Crippen LogP contribution in [0.1, 0.15) is 38.5 Å². The molecule has 1 saturated carbocycles. The molecule has 0 saturated heterocycles. The van der Waals surface area contributed by atoms with Crippen LogP contribution >= 0.6 is 34.3 Å². The van der Waals surface area contributed by atoms with E-state index in [4.69, 9.17) is 11.6 Å². The Labute approximate surface area is 137 Å². The summed E-state index contributed by atoms with van der Waals surface area (Å²) in [6.07, 6.45) is 6.83. The number of halogens is 1. The van der Waals surface area contributed by atoms with Gasteiger partial charge in [0.1, 0.15) is 0 Å². The molecule has 2 aromatic rings. The van der Waals surface area contributed by atoms with Crippen molar-refractivity contribution in [3.63, 3.8) is 0 Å². The highest BCUT2D eigenvalue weighted by atomic mass is 35.5. The fourth-order valence-electron chi connectivity index (χ4n) is 2.71. The highest BCUT2D eigenvalue weighted by molar-refractivity contribution is 7.20. The van der Waals surface area contributed by atoms with Crippen LogP contribution in [0.2, 0.25) is 4.34 Å². The Kier molecular flexibility index (Phi) is 4.93. The Morgan fingerprint density at radius 3 is 2.90 bits per heavy atom. The number of amides is 1. The largest absolute Gasteiger partial charge is 0.302 e. The third kappa shape index (κ3) is 4.05. The lowest BCUT2D eigenvalue weighted by Crippen LogP contribution is -2.12. The molecule has 2 heterocycles. The van der Waals surface area contributed by atoms with E-state index < -0.39 is 0 Å². The highest BCUT2D eigenvalue weighted by Crippen LogP contribution is 2.33. The van der Waals surface area contributed by atoms with Crippen molar-refractivity contribution in [1.82, 2.24) is 4.98 Å². The molecule has 0 aromatic carbocycles. The molecule has 1 fully saturated rings. The lowest BCUT2D eigenvalue weighted by Gasteiger charge is -2.07. The van der Waals surface area contributed by atoms with Gasteiger partial charge < -0.3 is 5.32 Å². The van der Waals surface area contributed by atoms with Crippen molar-refractivity contribution in [1.29, 1.82) is 0 Å². The number of thiophene rings is 1. The van der Waals surface area contributed by atoms with Gasteiger partial charge >= 0.3 is 0 Å². The molecule has 1 amide bonds. The standard InChI is InChI=1S/C15H17ClN2OS2/c16-13-7-6-12(21-13)11-9-20-15(17-11)18-14(19)8-5-10-3-1-2-4-10/h6-7,9-10H,1-5,8H2,(H,17,18,19). The van der Waals surface area contributed by atoms with Crippen LogP contribution in [0.3, 0.4) is 0 Å². The molecular weight excluding hydrogens is 324 g/mol. The number of nitrogens with zero attached hydrogens (tertiary/aromatic N) is 1. The van der Waals surface area contributed by atoms with Crippen molar-refractivity contribution in [2.24, 2.45) is 5.92 Å². The second-order valence-corrected chi connectivity index (χ2v) is 7.95. The van der Waals surface area contributed by atoms with Gasteiger partial charge in [-0.1, -0.05) is 37.3 Å². The zero-order valence-electron chi connectivity index (χ0n) is 11.6. The van der Waals surface area contributed by atoms with Crippen LogP contribution < -0.4 is 5.32 Å². The topological polar surface area (TPSA) is 42.0 Å².